The van der Waals surface area contributed by atoms with Crippen LogP contribution in [0, 0.1) is 0 Å². The second-order valence-corrected chi connectivity index (χ2v) is 7.03. The summed E-state index contributed by atoms with van der Waals surface area (Å²) < 4.78 is 0. The van der Waals surface area contributed by atoms with Gasteiger partial charge in [-0.25, -0.2) is 4.98 Å². The van der Waals surface area contributed by atoms with Crippen LogP contribution in [0.3, 0.4) is 0 Å². The van der Waals surface area contributed by atoms with Crippen LogP contribution in [0.2, 0.25) is 0 Å². The van der Waals surface area contributed by atoms with E-state index in [1.165, 1.54) is 52.8 Å². The lowest BCUT2D eigenvalue weighted by Crippen LogP contribution is -1.95. The van der Waals surface area contributed by atoms with Crippen molar-refractivity contribution in [2.24, 2.45) is 4.99 Å². The third-order valence-electron chi connectivity index (χ3n) is 4.37. The lowest BCUT2D eigenvalue weighted by atomic mass is 9.94. The molecule has 2 aliphatic rings. The molecule has 2 aromatic heterocycles. The molecular formula is C17H19N3S. The van der Waals surface area contributed by atoms with Crippen LogP contribution in [0.1, 0.15) is 49.8 Å². The summed E-state index contributed by atoms with van der Waals surface area (Å²) in [5.74, 6) is 1.05. The van der Waals surface area contributed by atoms with Gasteiger partial charge in [-0.15, -0.1) is 11.8 Å². The molecule has 108 valence electrons. The molecule has 2 aromatic rings. The lowest BCUT2D eigenvalue weighted by Gasteiger charge is -2.13. The minimum Gasteiger partial charge on any atom is -0.346 e. The van der Waals surface area contributed by atoms with Crippen molar-refractivity contribution in [3.8, 4) is 0 Å². The standard InChI is InChI=1S/C17H19N3S/c1-11-20-16(10-21-11)15-9-19-17-14(15)7-13(8-18-17)12-5-3-2-4-6-12/h5,7-9,16H,2-4,6,10H2,1H3,(H,18,19). The number of rotatable bonds is 2. The van der Waals surface area contributed by atoms with Gasteiger partial charge in [0.2, 0.25) is 0 Å². The van der Waals surface area contributed by atoms with Crippen molar-refractivity contribution < 1.29 is 0 Å². The van der Waals surface area contributed by atoms with Gasteiger partial charge in [-0.05, 0) is 49.8 Å². The summed E-state index contributed by atoms with van der Waals surface area (Å²) in [4.78, 5) is 12.7. The van der Waals surface area contributed by atoms with Crippen LogP contribution in [-0.4, -0.2) is 20.8 Å². The van der Waals surface area contributed by atoms with Crippen LogP contribution in [0.15, 0.2) is 29.5 Å². The summed E-state index contributed by atoms with van der Waals surface area (Å²) in [5.41, 5.74) is 5.02. The van der Waals surface area contributed by atoms with E-state index in [9.17, 15) is 0 Å². The molecule has 3 nitrogen and oxygen atoms in total. The van der Waals surface area contributed by atoms with Gasteiger partial charge < -0.3 is 4.98 Å². The Morgan fingerprint density at radius 1 is 1.33 bits per heavy atom. The average Bonchev–Trinajstić information content (AvgIpc) is 3.13. The summed E-state index contributed by atoms with van der Waals surface area (Å²) in [5, 5.41) is 2.43. The topological polar surface area (TPSA) is 41.0 Å². The van der Waals surface area contributed by atoms with Gasteiger partial charge in [0.1, 0.15) is 5.65 Å². The lowest BCUT2D eigenvalue weighted by molar-refractivity contribution is 0.742. The summed E-state index contributed by atoms with van der Waals surface area (Å²) >= 11 is 1.85. The summed E-state index contributed by atoms with van der Waals surface area (Å²) in [6.07, 6.45) is 11.5. The van der Waals surface area contributed by atoms with E-state index < -0.39 is 0 Å². The molecule has 0 aromatic carbocycles. The highest BCUT2D eigenvalue weighted by atomic mass is 32.2. The van der Waals surface area contributed by atoms with Crippen LogP contribution in [0.4, 0.5) is 0 Å². The minimum absolute atomic E-state index is 0.279. The molecule has 0 fully saturated rings. The number of aromatic nitrogens is 2. The quantitative estimate of drug-likeness (QED) is 0.871. The number of allylic oxidation sites excluding steroid dienone is 2. The molecule has 0 radical (unpaired) electrons. The Hall–Kier alpha value is -1.55. The van der Waals surface area contributed by atoms with Crippen LogP contribution < -0.4 is 0 Å². The van der Waals surface area contributed by atoms with Gasteiger partial charge in [-0.3, -0.25) is 4.99 Å². The maximum Gasteiger partial charge on any atom is 0.137 e. The van der Waals surface area contributed by atoms with Crippen molar-refractivity contribution in [2.45, 2.75) is 38.6 Å². The second kappa shape index (κ2) is 5.34. The van der Waals surface area contributed by atoms with E-state index in [2.05, 4.69) is 35.2 Å². The second-order valence-electron chi connectivity index (χ2n) is 5.81. The Kier molecular flexibility index (Phi) is 3.34. The van der Waals surface area contributed by atoms with Crippen molar-refractivity contribution in [1.29, 1.82) is 0 Å². The first-order chi connectivity index (χ1) is 10.3. The van der Waals surface area contributed by atoms with Crippen molar-refractivity contribution in [2.75, 3.05) is 5.75 Å². The van der Waals surface area contributed by atoms with Gasteiger partial charge in [0.05, 0.1) is 11.1 Å². The number of fused-ring (bicyclic) bond motifs is 1. The number of nitrogens with one attached hydrogen (secondary N) is 1. The van der Waals surface area contributed by atoms with Crippen molar-refractivity contribution in [3.63, 3.8) is 0 Å². The fourth-order valence-electron chi connectivity index (χ4n) is 3.23. The normalized spacial score (nSPS) is 22.4. The SMILES string of the molecule is CC1=NC(c2c[nH]c3ncc(C4=CCCCC4)cc23)CS1. The Bertz CT molecular complexity index is 742. The summed E-state index contributed by atoms with van der Waals surface area (Å²) in [6.45, 7) is 2.09. The van der Waals surface area contributed by atoms with E-state index in [0.29, 0.717) is 0 Å². The molecule has 1 unspecified atom stereocenters. The number of nitrogens with zero attached hydrogens (tertiary/aromatic N) is 2. The molecule has 0 bridgehead atoms. The number of H-pyrrole nitrogens is 1. The molecule has 4 heteroatoms. The zero-order chi connectivity index (χ0) is 14.2. The molecular weight excluding hydrogens is 278 g/mol. The highest BCUT2D eigenvalue weighted by molar-refractivity contribution is 8.14. The molecule has 4 rings (SSSR count). The van der Waals surface area contributed by atoms with E-state index in [1.54, 1.807) is 0 Å². The Morgan fingerprint density at radius 3 is 3.05 bits per heavy atom. The first kappa shape index (κ1) is 13.1. The number of hydrogen-bond acceptors (Lipinski definition) is 3. The van der Waals surface area contributed by atoms with Crippen LogP contribution >= 0.6 is 11.8 Å². The van der Waals surface area contributed by atoms with E-state index >= 15 is 0 Å². The van der Waals surface area contributed by atoms with Crippen LogP contribution in [0.5, 0.6) is 0 Å². The molecule has 0 saturated carbocycles. The molecule has 0 amide bonds. The molecule has 0 saturated heterocycles. The van der Waals surface area contributed by atoms with E-state index in [1.807, 2.05) is 18.0 Å². The number of aromatic amines is 1. The molecule has 3 heterocycles. The van der Waals surface area contributed by atoms with Crippen molar-refractivity contribution in [3.05, 3.63) is 35.7 Å². The number of aliphatic imine (C=N–C) groups is 1. The van der Waals surface area contributed by atoms with Crippen molar-refractivity contribution in [1.82, 2.24) is 9.97 Å². The van der Waals surface area contributed by atoms with Gasteiger partial charge in [0.25, 0.3) is 0 Å². The van der Waals surface area contributed by atoms with Gasteiger partial charge in [0, 0.05) is 29.1 Å². The van der Waals surface area contributed by atoms with E-state index in [0.717, 1.165) is 11.4 Å². The smallest absolute Gasteiger partial charge is 0.137 e. The van der Waals surface area contributed by atoms with E-state index in [-0.39, 0.29) is 6.04 Å². The summed E-state index contributed by atoms with van der Waals surface area (Å²) in [6, 6.07) is 2.58. The van der Waals surface area contributed by atoms with E-state index in [4.69, 9.17) is 4.99 Å². The van der Waals surface area contributed by atoms with Crippen molar-refractivity contribution >= 4 is 33.4 Å². The monoisotopic (exact) mass is 297 g/mol. The number of pyridine rings is 1. The summed E-state index contributed by atoms with van der Waals surface area (Å²) in [7, 11) is 0. The molecule has 0 spiro atoms. The highest BCUT2D eigenvalue weighted by Gasteiger charge is 2.21. The first-order valence-electron chi connectivity index (χ1n) is 7.65. The molecule has 1 aliphatic heterocycles. The molecule has 21 heavy (non-hydrogen) atoms. The number of thioether (sulfide) groups is 1. The maximum absolute atomic E-state index is 4.74. The fraction of sp³-hybridized carbons (Fsp3) is 0.412. The fourth-order valence-corrected chi connectivity index (χ4v) is 4.08. The average molecular weight is 297 g/mol. The third-order valence-corrected chi connectivity index (χ3v) is 5.38. The molecule has 1 N–H and O–H groups in total. The highest BCUT2D eigenvalue weighted by Crippen LogP contribution is 2.35. The molecule has 1 aliphatic carbocycles. The Morgan fingerprint density at radius 2 is 2.29 bits per heavy atom. The number of hydrogen-bond donors (Lipinski definition) is 1. The predicted molar refractivity (Wildman–Crippen MR) is 90.8 cm³/mol. The third kappa shape index (κ3) is 2.42. The van der Waals surface area contributed by atoms with Gasteiger partial charge in [0.15, 0.2) is 0 Å². The minimum atomic E-state index is 0.279. The zero-order valence-electron chi connectivity index (χ0n) is 12.2. The van der Waals surface area contributed by atoms with Gasteiger partial charge >= 0.3 is 0 Å². The Balaban J connectivity index is 1.77. The predicted octanol–water partition coefficient (Wildman–Crippen LogP) is 4.73. The first-order valence-corrected chi connectivity index (χ1v) is 8.63. The van der Waals surface area contributed by atoms with Crippen LogP contribution in [-0.2, 0) is 0 Å². The van der Waals surface area contributed by atoms with Gasteiger partial charge in [-0.2, -0.15) is 0 Å². The van der Waals surface area contributed by atoms with Crippen LogP contribution in [0.25, 0.3) is 16.6 Å². The molecule has 1 atom stereocenters. The largest absolute Gasteiger partial charge is 0.346 e. The van der Waals surface area contributed by atoms with Gasteiger partial charge in [-0.1, -0.05) is 6.08 Å². The Labute approximate surface area is 129 Å². The maximum atomic E-state index is 4.74. The zero-order valence-corrected chi connectivity index (χ0v) is 13.0.